The first-order valence-corrected chi connectivity index (χ1v) is 9.41. The monoisotopic (exact) mass is 442 g/mol. The van der Waals surface area contributed by atoms with Gasteiger partial charge in [-0.1, -0.05) is 11.6 Å². The van der Waals surface area contributed by atoms with Gasteiger partial charge in [-0.2, -0.15) is 13.2 Å². The van der Waals surface area contributed by atoms with E-state index in [0.717, 1.165) is 12.1 Å². The van der Waals surface area contributed by atoms with Crippen molar-refractivity contribution in [2.75, 3.05) is 30.0 Å². The third-order valence-corrected chi connectivity index (χ3v) is 4.43. The Balaban J connectivity index is 1.57. The van der Waals surface area contributed by atoms with Crippen LogP contribution in [0.15, 0.2) is 42.5 Å². The summed E-state index contributed by atoms with van der Waals surface area (Å²) in [4.78, 5) is 25.6. The molecule has 0 radical (unpaired) electrons. The molecule has 0 saturated carbocycles. The summed E-state index contributed by atoms with van der Waals surface area (Å²) < 4.78 is 47.3. The molecule has 1 aliphatic heterocycles. The lowest BCUT2D eigenvalue weighted by molar-refractivity contribution is -0.153. The molecule has 0 aromatic heterocycles. The number of carbonyl (C=O) groups is 2. The number of nitrogens with zero attached hydrogens (tertiary/aromatic N) is 1. The number of alkyl halides is 3. The number of anilines is 2. The number of amides is 2. The number of ether oxygens (including phenoxy) is 2. The van der Waals surface area contributed by atoms with E-state index in [1.165, 1.54) is 18.2 Å². The zero-order chi connectivity index (χ0) is 21.7. The standard InChI is InChI=1S/C20H18ClF3N2O4/c21-13-3-8-17(30-12-20(22,23)24)16(10-13)25-18(27)11-29-15-6-4-14(5-7-15)26-9-1-2-19(26)28/h3-8,10H,1-2,9,11-12H2,(H,25,27). The van der Waals surface area contributed by atoms with Crippen molar-refractivity contribution in [1.82, 2.24) is 0 Å². The molecule has 1 saturated heterocycles. The minimum absolute atomic E-state index is 0.00300. The summed E-state index contributed by atoms with van der Waals surface area (Å²) in [5.41, 5.74) is 0.753. The summed E-state index contributed by atoms with van der Waals surface area (Å²) in [7, 11) is 0. The molecule has 2 aromatic rings. The Morgan fingerprint density at radius 3 is 2.50 bits per heavy atom. The average Bonchev–Trinajstić information content (AvgIpc) is 3.11. The van der Waals surface area contributed by atoms with Crippen LogP contribution in [0.2, 0.25) is 5.02 Å². The molecule has 1 aliphatic rings. The molecular weight excluding hydrogens is 425 g/mol. The van der Waals surface area contributed by atoms with E-state index in [1.54, 1.807) is 29.2 Å². The van der Waals surface area contributed by atoms with Gasteiger partial charge in [0.25, 0.3) is 5.91 Å². The second-order valence-corrected chi connectivity index (χ2v) is 6.96. The van der Waals surface area contributed by atoms with Gasteiger partial charge in [-0.15, -0.1) is 0 Å². The summed E-state index contributed by atoms with van der Waals surface area (Å²) in [6.07, 6.45) is -3.18. The first kappa shape index (κ1) is 21.8. The number of hydrogen-bond donors (Lipinski definition) is 1. The van der Waals surface area contributed by atoms with Crippen molar-refractivity contribution in [2.24, 2.45) is 0 Å². The second kappa shape index (κ2) is 9.25. The lowest BCUT2D eigenvalue weighted by Gasteiger charge is -2.16. The third kappa shape index (κ3) is 6.03. The van der Waals surface area contributed by atoms with E-state index in [9.17, 15) is 22.8 Å². The number of nitrogens with one attached hydrogen (secondary N) is 1. The molecule has 2 amide bonds. The fraction of sp³-hybridized carbons (Fsp3) is 0.300. The Morgan fingerprint density at radius 1 is 1.13 bits per heavy atom. The largest absolute Gasteiger partial charge is 0.484 e. The van der Waals surface area contributed by atoms with Crippen molar-refractivity contribution in [3.63, 3.8) is 0 Å². The van der Waals surface area contributed by atoms with Crippen molar-refractivity contribution >= 4 is 34.8 Å². The maximum absolute atomic E-state index is 12.4. The van der Waals surface area contributed by atoms with Crippen LogP contribution >= 0.6 is 11.6 Å². The van der Waals surface area contributed by atoms with Gasteiger partial charge >= 0.3 is 6.18 Å². The van der Waals surface area contributed by atoms with Gasteiger partial charge in [0.1, 0.15) is 11.5 Å². The van der Waals surface area contributed by atoms with Gasteiger partial charge in [-0.25, -0.2) is 0 Å². The van der Waals surface area contributed by atoms with Gasteiger partial charge in [0.2, 0.25) is 5.91 Å². The van der Waals surface area contributed by atoms with Crippen LogP contribution in [0, 0.1) is 0 Å². The van der Waals surface area contributed by atoms with Gasteiger partial charge in [0.05, 0.1) is 5.69 Å². The van der Waals surface area contributed by atoms with Crippen LogP contribution in [0.5, 0.6) is 11.5 Å². The van der Waals surface area contributed by atoms with E-state index >= 15 is 0 Å². The highest BCUT2D eigenvalue weighted by Gasteiger charge is 2.29. The molecule has 0 atom stereocenters. The fourth-order valence-corrected chi connectivity index (χ4v) is 3.04. The topological polar surface area (TPSA) is 67.9 Å². The summed E-state index contributed by atoms with van der Waals surface area (Å²) in [6.45, 7) is -1.22. The highest BCUT2D eigenvalue weighted by atomic mass is 35.5. The van der Waals surface area contributed by atoms with Gasteiger partial charge < -0.3 is 19.7 Å². The predicted molar refractivity (Wildman–Crippen MR) is 105 cm³/mol. The Morgan fingerprint density at radius 2 is 1.87 bits per heavy atom. The zero-order valence-corrected chi connectivity index (χ0v) is 16.4. The smallest absolute Gasteiger partial charge is 0.422 e. The number of benzene rings is 2. The van der Waals surface area contributed by atoms with Crippen molar-refractivity contribution in [3.05, 3.63) is 47.5 Å². The minimum atomic E-state index is -4.52. The molecule has 6 nitrogen and oxygen atoms in total. The SMILES string of the molecule is O=C(COc1ccc(N2CCCC2=O)cc1)Nc1cc(Cl)ccc1OCC(F)(F)F. The van der Waals surface area contributed by atoms with Crippen molar-refractivity contribution < 1.29 is 32.2 Å². The maximum atomic E-state index is 12.4. The number of halogens is 4. The molecule has 0 bridgehead atoms. The van der Waals surface area contributed by atoms with Crippen molar-refractivity contribution in [1.29, 1.82) is 0 Å². The third-order valence-electron chi connectivity index (χ3n) is 4.20. The van der Waals surface area contributed by atoms with Crippen LogP contribution in [0.4, 0.5) is 24.5 Å². The molecule has 2 aromatic carbocycles. The summed E-state index contributed by atoms with van der Waals surface area (Å²) in [6, 6.07) is 10.6. The highest BCUT2D eigenvalue weighted by molar-refractivity contribution is 6.31. The van der Waals surface area contributed by atoms with E-state index in [0.29, 0.717) is 18.7 Å². The Bertz CT molecular complexity index is 919. The van der Waals surface area contributed by atoms with E-state index in [-0.39, 0.29) is 29.0 Å². The molecule has 10 heteroatoms. The van der Waals surface area contributed by atoms with Crippen LogP contribution in [0.3, 0.4) is 0 Å². The molecule has 0 aliphatic carbocycles. The average molecular weight is 443 g/mol. The van der Waals surface area contributed by atoms with Crippen LogP contribution in [0.1, 0.15) is 12.8 Å². The zero-order valence-electron chi connectivity index (χ0n) is 15.7. The first-order chi connectivity index (χ1) is 14.2. The van der Waals surface area contributed by atoms with Crippen LogP contribution in [-0.2, 0) is 9.59 Å². The fourth-order valence-electron chi connectivity index (χ4n) is 2.86. The summed E-state index contributed by atoms with van der Waals surface area (Å²) in [5, 5.41) is 2.65. The Kier molecular flexibility index (Phi) is 6.71. The quantitative estimate of drug-likeness (QED) is 0.689. The lowest BCUT2D eigenvalue weighted by Crippen LogP contribution is -2.23. The van der Waals surface area contributed by atoms with E-state index in [1.807, 2.05) is 0 Å². The second-order valence-electron chi connectivity index (χ2n) is 6.52. The van der Waals surface area contributed by atoms with Crippen LogP contribution in [0.25, 0.3) is 0 Å². The van der Waals surface area contributed by atoms with Gasteiger partial charge in [0, 0.05) is 23.7 Å². The number of carbonyl (C=O) groups excluding carboxylic acids is 2. The van der Waals surface area contributed by atoms with E-state index in [2.05, 4.69) is 5.32 Å². The maximum Gasteiger partial charge on any atom is 0.422 e. The highest BCUT2D eigenvalue weighted by Crippen LogP contribution is 2.30. The van der Waals surface area contributed by atoms with Gasteiger partial charge in [-0.3, -0.25) is 9.59 Å². The summed E-state index contributed by atoms with van der Waals surface area (Å²) >= 11 is 5.85. The Hall–Kier alpha value is -2.94. The molecule has 3 rings (SSSR count). The first-order valence-electron chi connectivity index (χ1n) is 9.03. The molecule has 1 fully saturated rings. The molecule has 30 heavy (non-hydrogen) atoms. The predicted octanol–water partition coefficient (Wildman–Crippen LogP) is 4.43. The lowest BCUT2D eigenvalue weighted by atomic mass is 10.2. The Labute approximate surface area is 175 Å². The molecule has 160 valence electrons. The molecule has 1 heterocycles. The molecule has 0 spiro atoms. The minimum Gasteiger partial charge on any atom is -0.484 e. The van der Waals surface area contributed by atoms with Gasteiger partial charge in [-0.05, 0) is 48.9 Å². The summed E-state index contributed by atoms with van der Waals surface area (Å²) in [5.74, 6) is -0.300. The van der Waals surface area contributed by atoms with Crippen LogP contribution in [-0.4, -0.2) is 37.7 Å². The van der Waals surface area contributed by atoms with E-state index < -0.39 is 18.7 Å². The number of rotatable bonds is 7. The van der Waals surface area contributed by atoms with E-state index in [4.69, 9.17) is 21.1 Å². The molecule has 0 unspecified atom stereocenters. The van der Waals surface area contributed by atoms with Crippen LogP contribution < -0.4 is 19.7 Å². The van der Waals surface area contributed by atoms with Gasteiger partial charge in [0.15, 0.2) is 13.2 Å². The molecule has 1 N–H and O–H groups in total. The number of hydrogen-bond acceptors (Lipinski definition) is 4. The molecular formula is C20H18ClF3N2O4. The van der Waals surface area contributed by atoms with Crippen molar-refractivity contribution in [2.45, 2.75) is 19.0 Å². The normalized spacial score (nSPS) is 14.0. The van der Waals surface area contributed by atoms with Crippen molar-refractivity contribution in [3.8, 4) is 11.5 Å².